The average Bonchev–Trinajstić information content (AvgIpc) is 3.55. The molecule has 240 valence electrons. The first-order valence-corrected chi connectivity index (χ1v) is 14.3. The van der Waals surface area contributed by atoms with Gasteiger partial charge in [0.25, 0.3) is 5.95 Å². The fourth-order valence-corrected chi connectivity index (χ4v) is 6.35. The molecular weight excluding hydrogens is 603 g/mol. The zero-order valence-electron chi connectivity index (χ0n) is 24.0. The van der Waals surface area contributed by atoms with E-state index in [1.54, 1.807) is 0 Å². The number of anilines is 2. The number of halogens is 9. The van der Waals surface area contributed by atoms with Crippen LogP contribution in [0.2, 0.25) is 0 Å². The second-order valence-electron chi connectivity index (χ2n) is 11.6. The van der Waals surface area contributed by atoms with Gasteiger partial charge in [0.05, 0.1) is 29.8 Å². The topological polar surface area (TPSA) is 50.1 Å². The molecule has 2 aliphatic rings. The number of alkyl halides is 9. The van der Waals surface area contributed by atoms with E-state index in [1.807, 2.05) is 4.90 Å². The summed E-state index contributed by atoms with van der Waals surface area (Å²) in [7, 11) is 1.45. The van der Waals surface area contributed by atoms with Crippen molar-refractivity contribution in [3.63, 3.8) is 0 Å². The molecular formula is C29H31F9N6. The lowest BCUT2D eigenvalue weighted by Gasteiger charge is -2.34. The zero-order chi connectivity index (χ0) is 32.0. The first kappa shape index (κ1) is 31.9. The number of tetrazole rings is 1. The Morgan fingerprint density at radius 1 is 0.818 bits per heavy atom. The fraction of sp³-hybridized carbons (Fsp3) is 0.552. The molecule has 0 amide bonds. The molecule has 1 aliphatic heterocycles. The Hall–Kier alpha value is -3.52. The maximum atomic E-state index is 14.1. The third kappa shape index (κ3) is 6.90. The molecule has 1 saturated carbocycles. The summed E-state index contributed by atoms with van der Waals surface area (Å²) in [6.07, 6.45) is -9.89. The molecule has 1 aliphatic carbocycles. The smallest absolute Gasteiger partial charge is 0.371 e. The number of rotatable bonds is 6. The van der Waals surface area contributed by atoms with E-state index in [2.05, 4.69) is 15.4 Å². The molecule has 0 bridgehead atoms. The minimum Gasteiger partial charge on any atom is -0.371 e. The molecule has 1 fully saturated rings. The van der Waals surface area contributed by atoms with Crippen LogP contribution in [0.4, 0.5) is 51.1 Å². The van der Waals surface area contributed by atoms with Crippen LogP contribution in [0.15, 0.2) is 30.3 Å². The van der Waals surface area contributed by atoms with Gasteiger partial charge < -0.3 is 9.80 Å². The van der Waals surface area contributed by atoms with Crippen molar-refractivity contribution in [1.82, 2.24) is 20.2 Å². The highest BCUT2D eigenvalue weighted by Crippen LogP contribution is 2.45. The van der Waals surface area contributed by atoms with Gasteiger partial charge in [-0.25, -0.2) is 0 Å². The highest BCUT2D eigenvalue weighted by molar-refractivity contribution is 5.62. The van der Waals surface area contributed by atoms with Gasteiger partial charge in [0.2, 0.25) is 0 Å². The van der Waals surface area contributed by atoms with Crippen molar-refractivity contribution in [3.05, 3.63) is 63.7 Å². The summed E-state index contributed by atoms with van der Waals surface area (Å²) in [4.78, 5) is 4.47. The van der Waals surface area contributed by atoms with Crippen molar-refractivity contribution < 1.29 is 39.5 Å². The van der Waals surface area contributed by atoms with Crippen molar-refractivity contribution in [2.45, 2.75) is 76.6 Å². The van der Waals surface area contributed by atoms with Crippen LogP contribution in [0.1, 0.15) is 77.9 Å². The molecule has 1 unspecified atom stereocenters. The second-order valence-corrected chi connectivity index (χ2v) is 11.6. The molecule has 2 aromatic carbocycles. The van der Waals surface area contributed by atoms with Crippen LogP contribution < -0.4 is 9.80 Å². The quantitative estimate of drug-likeness (QED) is 0.257. The number of fused-ring (bicyclic) bond motifs is 1. The predicted octanol–water partition coefficient (Wildman–Crippen LogP) is 8.11. The monoisotopic (exact) mass is 634 g/mol. The molecule has 0 radical (unpaired) electrons. The summed E-state index contributed by atoms with van der Waals surface area (Å²) < 4.78 is 124. The molecule has 1 aromatic heterocycles. The number of benzene rings is 2. The van der Waals surface area contributed by atoms with Crippen molar-refractivity contribution in [2.75, 3.05) is 22.9 Å². The molecule has 0 saturated heterocycles. The van der Waals surface area contributed by atoms with Gasteiger partial charge >= 0.3 is 18.5 Å². The maximum Gasteiger partial charge on any atom is 0.416 e. The van der Waals surface area contributed by atoms with E-state index in [-0.39, 0.29) is 23.1 Å². The Morgan fingerprint density at radius 3 is 2.00 bits per heavy atom. The zero-order valence-corrected chi connectivity index (χ0v) is 24.0. The Kier molecular flexibility index (Phi) is 8.53. The van der Waals surface area contributed by atoms with Crippen LogP contribution in [0.25, 0.3) is 0 Å². The van der Waals surface area contributed by atoms with Gasteiger partial charge in [0, 0.05) is 25.3 Å². The van der Waals surface area contributed by atoms with Gasteiger partial charge in [-0.05, 0) is 84.7 Å². The first-order valence-electron chi connectivity index (χ1n) is 14.3. The van der Waals surface area contributed by atoms with Gasteiger partial charge in [-0.1, -0.05) is 24.0 Å². The maximum absolute atomic E-state index is 14.1. The van der Waals surface area contributed by atoms with Crippen molar-refractivity contribution in [2.24, 2.45) is 13.0 Å². The second kappa shape index (κ2) is 11.8. The van der Waals surface area contributed by atoms with E-state index in [9.17, 15) is 39.5 Å². The van der Waals surface area contributed by atoms with Crippen LogP contribution in [0.5, 0.6) is 0 Å². The van der Waals surface area contributed by atoms with Crippen LogP contribution in [0, 0.1) is 12.8 Å². The van der Waals surface area contributed by atoms with E-state index < -0.39 is 47.8 Å². The Labute approximate surface area is 247 Å². The summed E-state index contributed by atoms with van der Waals surface area (Å²) in [6.45, 7) is 1.83. The third-order valence-corrected chi connectivity index (χ3v) is 8.37. The van der Waals surface area contributed by atoms with Gasteiger partial charge in [-0.2, -0.15) is 44.3 Å². The van der Waals surface area contributed by atoms with E-state index in [4.69, 9.17) is 0 Å². The Balaban J connectivity index is 1.64. The van der Waals surface area contributed by atoms with E-state index in [1.165, 1.54) is 24.9 Å². The molecule has 0 spiro atoms. The van der Waals surface area contributed by atoms with Gasteiger partial charge in [-0.3, -0.25) is 0 Å². The third-order valence-electron chi connectivity index (χ3n) is 8.37. The molecule has 0 N–H and O–H groups in total. The summed E-state index contributed by atoms with van der Waals surface area (Å²) in [5.41, 5.74) is -3.28. The van der Waals surface area contributed by atoms with E-state index >= 15 is 0 Å². The molecule has 2 heterocycles. The van der Waals surface area contributed by atoms with Crippen molar-refractivity contribution in [3.8, 4) is 0 Å². The van der Waals surface area contributed by atoms with Gasteiger partial charge in [0.15, 0.2) is 0 Å². The predicted molar refractivity (Wildman–Crippen MR) is 144 cm³/mol. The van der Waals surface area contributed by atoms with Crippen LogP contribution in [-0.2, 0) is 32.1 Å². The van der Waals surface area contributed by atoms with Crippen LogP contribution >= 0.6 is 0 Å². The molecule has 15 heteroatoms. The lowest BCUT2D eigenvalue weighted by atomic mass is 9.94. The number of hydrogen-bond acceptors (Lipinski definition) is 5. The number of aryl methyl sites for hydroxylation is 2. The average molecular weight is 635 g/mol. The summed E-state index contributed by atoms with van der Waals surface area (Å²) in [6, 6.07) is 3.10. The summed E-state index contributed by atoms with van der Waals surface area (Å²) in [5, 5.41) is 12.0. The number of nitrogens with zero attached hydrogens (tertiary/aromatic N) is 6. The lowest BCUT2D eigenvalue weighted by molar-refractivity contribution is -0.143. The Bertz CT molecular complexity index is 1440. The SMILES string of the molecule is Cc1cc2c(cc1C(F)(F)F)N(CC1CCCC1)CCCC2N(Cc1cc(C(F)(F)F)cc(C(F)(F)F)c1)c1nnn(C)n1. The summed E-state index contributed by atoms with van der Waals surface area (Å²) in [5.74, 6) is 0.231. The minimum atomic E-state index is -5.05. The van der Waals surface area contributed by atoms with Crippen molar-refractivity contribution in [1.29, 1.82) is 0 Å². The Morgan fingerprint density at radius 2 is 1.45 bits per heavy atom. The molecule has 5 rings (SSSR count). The molecule has 3 aromatic rings. The first-order chi connectivity index (χ1) is 20.5. The van der Waals surface area contributed by atoms with Gasteiger partial charge in [0.1, 0.15) is 0 Å². The standard InChI is InChI=1S/C29H31F9N6/c1-17-10-22-24(8-5-9-43(15-18-6-3-4-7-18)25(22)14-23(17)29(36,37)38)44(26-39-41-42(2)40-26)16-19-11-20(27(30,31)32)13-21(12-19)28(33,34)35/h10-14,18,24H,3-9,15-16H2,1-2H3. The number of aromatic nitrogens is 4. The minimum absolute atomic E-state index is 0.0468. The molecule has 6 nitrogen and oxygen atoms in total. The highest BCUT2D eigenvalue weighted by Gasteiger charge is 2.39. The lowest BCUT2D eigenvalue weighted by Crippen LogP contribution is -2.31. The normalized spacial score (nSPS) is 18.4. The molecule has 44 heavy (non-hydrogen) atoms. The largest absolute Gasteiger partial charge is 0.416 e. The highest BCUT2D eigenvalue weighted by atomic mass is 19.4. The summed E-state index contributed by atoms with van der Waals surface area (Å²) >= 11 is 0. The molecule has 1 atom stereocenters. The fourth-order valence-electron chi connectivity index (χ4n) is 6.35. The van der Waals surface area contributed by atoms with Crippen LogP contribution in [-0.4, -0.2) is 33.3 Å². The van der Waals surface area contributed by atoms with E-state index in [0.29, 0.717) is 55.2 Å². The van der Waals surface area contributed by atoms with Gasteiger partial charge in [-0.15, -0.1) is 5.10 Å². The van der Waals surface area contributed by atoms with Crippen LogP contribution in [0.3, 0.4) is 0 Å². The number of hydrogen-bond donors (Lipinski definition) is 0. The van der Waals surface area contributed by atoms with E-state index in [0.717, 1.165) is 36.5 Å². The van der Waals surface area contributed by atoms with Crippen molar-refractivity contribution >= 4 is 11.6 Å².